The topological polar surface area (TPSA) is 77.8 Å². The van der Waals surface area contributed by atoms with Crippen molar-refractivity contribution in [2.24, 2.45) is 0 Å². The quantitative estimate of drug-likeness (QED) is 0.652. The monoisotopic (exact) mass is 213 g/mol. The second-order valence-electron chi connectivity index (χ2n) is 4.05. The van der Waals surface area contributed by atoms with Crippen molar-refractivity contribution in [1.82, 2.24) is 4.90 Å². The highest BCUT2D eigenvalue weighted by Gasteiger charge is 2.59. The van der Waals surface area contributed by atoms with E-state index in [1.165, 1.54) is 24.9 Å². The summed E-state index contributed by atoms with van der Waals surface area (Å²) < 4.78 is 0. The lowest BCUT2D eigenvalue weighted by Gasteiger charge is -2.36. The van der Waals surface area contributed by atoms with Gasteiger partial charge in [0.2, 0.25) is 0 Å². The number of likely N-dealkylation sites (N-methyl/N-ethyl adjacent to an activating group) is 1. The van der Waals surface area contributed by atoms with Gasteiger partial charge in [-0.2, -0.15) is 0 Å². The van der Waals surface area contributed by atoms with Crippen molar-refractivity contribution in [3.05, 3.63) is 12.7 Å². The molecule has 84 valence electrons. The highest BCUT2D eigenvalue weighted by atomic mass is 16.4. The molecule has 1 fully saturated rings. The summed E-state index contributed by atoms with van der Waals surface area (Å²) in [6.45, 7) is 4.91. The molecule has 0 spiro atoms. The summed E-state index contributed by atoms with van der Waals surface area (Å²) in [5, 5.41) is 18.1. The summed E-state index contributed by atoms with van der Waals surface area (Å²) in [5.41, 5.74) is -2.36. The van der Waals surface area contributed by atoms with Crippen LogP contribution in [0.5, 0.6) is 0 Å². The predicted molar refractivity (Wildman–Crippen MR) is 53.6 cm³/mol. The Labute approximate surface area is 88.0 Å². The molecule has 0 amide bonds. The van der Waals surface area contributed by atoms with Gasteiger partial charge in [0.05, 0.1) is 0 Å². The largest absolute Gasteiger partial charge is 0.480 e. The third-order valence-electron chi connectivity index (χ3n) is 3.29. The number of hydrogen-bond donors (Lipinski definition) is 2. The van der Waals surface area contributed by atoms with E-state index in [1.54, 1.807) is 0 Å². The van der Waals surface area contributed by atoms with Crippen LogP contribution < -0.4 is 0 Å². The van der Waals surface area contributed by atoms with Gasteiger partial charge in [0.15, 0.2) is 0 Å². The minimum atomic E-state index is -1.34. The number of rotatable bonds is 5. The lowest BCUT2D eigenvalue weighted by molar-refractivity contribution is -0.154. The molecule has 0 aromatic carbocycles. The Balaban J connectivity index is 3.02. The molecule has 1 rings (SSSR count). The van der Waals surface area contributed by atoms with E-state index in [4.69, 9.17) is 10.2 Å². The minimum absolute atomic E-state index is 0.482. The highest BCUT2D eigenvalue weighted by molar-refractivity contribution is 5.86. The van der Waals surface area contributed by atoms with Crippen LogP contribution in [0, 0.1) is 0 Å². The van der Waals surface area contributed by atoms with Crippen molar-refractivity contribution < 1.29 is 19.8 Å². The van der Waals surface area contributed by atoms with Gasteiger partial charge in [0, 0.05) is 0 Å². The molecule has 0 bridgehead atoms. The molecular formula is C10H15NO4. The summed E-state index contributed by atoms with van der Waals surface area (Å²) in [4.78, 5) is 23.5. The molecule has 15 heavy (non-hydrogen) atoms. The van der Waals surface area contributed by atoms with Gasteiger partial charge in [-0.3, -0.25) is 9.69 Å². The Morgan fingerprint density at radius 2 is 1.93 bits per heavy atom. The summed E-state index contributed by atoms with van der Waals surface area (Å²) in [6, 6.07) is 0. The summed E-state index contributed by atoms with van der Waals surface area (Å²) in [6.07, 6.45) is 2.23. The molecule has 0 heterocycles. The van der Waals surface area contributed by atoms with Gasteiger partial charge >= 0.3 is 11.9 Å². The molecule has 5 nitrogen and oxygen atoms in total. The summed E-state index contributed by atoms with van der Waals surface area (Å²) in [5.74, 6) is -2.06. The number of carboxylic acids is 2. The Bertz CT molecular complexity index is 321. The third kappa shape index (κ3) is 1.52. The maximum absolute atomic E-state index is 11.1. The summed E-state index contributed by atoms with van der Waals surface area (Å²) >= 11 is 0. The van der Waals surface area contributed by atoms with Gasteiger partial charge in [-0.15, -0.1) is 6.58 Å². The molecule has 1 aliphatic carbocycles. The predicted octanol–water partition coefficient (Wildman–Crippen LogP) is 0.565. The normalized spacial score (nSPS) is 21.8. The fourth-order valence-electron chi connectivity index (χ4n) is 1.62. The third-order valence-corrected chi connectivity index (χ3v) is 3.29. The number of nitrogens with zero attached hydrogens (tertiary/aromatic N) is 1. The van der Waals surface area contributed by atoms with Crippen molar-refractivity contribution >= 4 is 11.9 Å². The number of aliphatic carboxylic acids is 2. The molecular weight excluding hydrogens is 198 g/mol. The van der Waals surface area contributed by atoms with E-state index < -0.39 is 23.0 Å². The molecule has 1 aliphatic rings. The lowest BCUT2D eigenvalue weighted by atomic mass is 9.97. The first-order valence-electron chi connectivity index (χ1n) is 4.65. The molecule has 0 aliphatic heterocycles. The van der Waals surface area contributed by atoms with Crippen molar-refractivity contribution in [2.75, 3.05) is 7.05 Å². The average Bonchev–Trinajstić information content (AvgIpc) is 2.95. The number of hydrogen-bond acceptors (Lipinski definition) is 3. The molecule has 1 atom stereocenters. The number of carboxylic acid groups (broad SMARTS) is 2. The van der Waals surface area contributed by atoms with Crippen LogP contribution in [0.1, 0.15) is 19.8 Å². The van der Waals surface area contributed by atoms with Crippen LogP contribution in [-0.2, 0) is 9.59 Å². The Hall–Kier alpha value is -1.36. The van der Waals surface area contributed by atoms with E-state index in [0.717, 1.165) is 0 Å². The van der Waals surface area contributed by atoms with Crippen molar-refractivity contribution in [1.29, 1.82) is 0 Å². The second kappa shape index (κ2) is 3.34. The zero-order valence-corrected chi connectivity index (χ0v) is 8.86. The Morgan fingerprint density at radius 3 is 2.13 bits per heavy atom. The van der Waals surface area contributed by atoms with E-state index in [1.807, 2.05) is 0 Å². The Kier molecular flexibility index (Phi) is 2.61. The van der Waals surface area contributed by atoms with Crippen LogP contribution >= 0.6 is 0 Å². The molecule has 5 heteroatoms. The van der Waals surface area contributed by atoms with E-state index >= 15 is 0 Å². The van der Waals surface area contributed by atoms with Crippen LogP contribution in [-0.4, -0.2) is 45.2 Å². The zero-order chi connectivity index (χ0) is 11.9. The molecule has 0 saturated heterocycles. The first-order chi connectivity index (χ1) is 6.81. The summed E-state index contributed by atoms with van der Waals surface area (Å²) in [7, 11) is 1.51. The van der Waals surface area contributed by atoms with Gasteiger partial charge < -0.3 is 10.2 Å². The van der Waals surface area contributed by atoms with Gasteiger partial charge in [-0.05, 0) is 26.8 Å². The van der Waals surface area contributed by atoms with E-state index in [9.17, 15) is 9.59 Å². The van der Waals surface area contributed by atoms with E-state index in [-0.39, 0.29) is 0 Å². The highest BCUT2D eigenvalue weighted by Crippen LogP contribution is 2.44. The SMILES string of the molecule is C=CC(C)(C(=O)O)N(C)C1(C(=O)O)CC1. The fraction of sp³-hybridized carbons (Fsp3) is 0.600. The average molecular weight is 213 g/mol. The van der Waals surface area contributed by atoms with Crippen LogP contribution in [0.3, 0.4) is 0 Å². The van der Waals surface area contributed by atoms with Crippen LogP contribution in [0.2, 0.25) is 0 Å². The number of carbonyl (C=O) groups is 2. The van der Waals surface area contributed by atoms with Gasteiger partial charge in [0.1, 0.15) is 11.1 Å². The smallest absolute Gasteiger partial charge is 0.327 e. The maximum atomic E-state index is 11.1. The standard InChI is InChI=1S/C10H15NO4/c1-4-9(2,7(12)13)11(3)10(5-6-10)8(14)15/h4H,1,5-6H2,2-3H3,(H,12,13)(H,14,15). The minimum Gasteiger partial charge on any atom is -0.480 e. The van der Waals surface area contributed by atoms with Crippen molar-refractivity contribution in [3.63, 3.8) is 0 Å². The van der Waals surface area contributed by atoms with Gasteiger partial charge in [-0.1, -0.05) is 6.08 Å². The second-order valence-corrected chi connectivity index (χ2v) is 4.05. The van der Waals surface area contributed by atoms with Crippen molar-refractivity contribution in [3.8, 4) is 0 Å². The molecule has 0 aromatic rings. The first kappa shape index (κ1) is 11.7. The first-order valence-corrected chi connectivity index (χ1v) is 4.65. The fourth-order valence-corrected chi connectivity index (χ4v) is 1.62. The molecule has 0 radical (unpaired) electrons. The van der Waals surface area contributed by atoms with Crippen LogP contribution in [0.4, 0.5) is 0 Å². The Morgan fingerprint density at radius 1 is 1.47 bits per heavy atom. The molecule has 2 N–H and O–H groups in total. The lowest BCUT2D eigenvalue weighted by Crippen LogP contribution is -2.57. The van der Waals surface area contributed by atoms with Crippen LogP contribution in [0.25, 0.3) is 0 Å². The molecule has 1 unspecified atom stereocenters. The van der Waals surface area contributed by atoms with Crippen molar-refractivity contribution in [2.45, 2.75) is 30.8 Å². The molecule has 0 aromatic heterocycles. The van der Waals surface area contributed by atoms with Crippen LogP contribution in [0.15, 0.2) is 12.7 Å². The van der Waals surface area contributed by atoms with E-state index in [2.05, 4.69) is 6.58 Å². The van der Waals surface area contributed by atoms with Gasteiger partial charge in [0.25, 0.3) is 0 Å². The molecule has 1 saturated carbocycles. The zero-order valence-electron chi connectivity index (χ0n) is 8.86. The van der Waals surface area contributed by atoms with E-state index in [0.29, 0.717) is 12.8 Å². The van der Waals surface area contributed by atoms with Gasteiger partial charge in [-0.25, -0.2) is 4.79 Å². The maximum Gasteiger partial charge on any atom is 0.327 e.